The van der Waals surface area contributed by atoms with Gasteiger partial charge in [-0.05, 0) is 0 Å². The van der Waals surface area contributed by atoms with Crippen LogP contribution in [-0.2, 0) is 105 Å². The van der Waals surface area contributed by atoms with Gasteiger partial charge in [0.25, 0.3) is 0 Å². The van der Waals surface area contributed by atoms with Crippen molar-refractivity contribution in [1.29, 1.82) is 0 Å². The quantitative estimate of drug-likeness (QED) is 0.0423. The van der Waals surface area contributed by atoms with E-state index in [-0.39, 0.29) is 52.1 Å². The molecule has 8 aliphatic heterocycles. The summed E-state index contributed by atoms with van der Waals surface area (Å²) in [6, 6.07) is 0. The van der Waals surface area contributed by atoms with E-state index in [9.17, 15) is 82.1 Å². The highest BCUT2D eigenvalue weighted by molar-refractivity contribution is 7.81. The molecule has 0 radical (unpaired) electrons. The van der Waals surface area contributed by atoms with Gasteiger partial charge in [-0.2, -0.15) is 16.8 Å². The van der Waals surface area contributed by atoms with E-state index in [0.717, 1.165) is 0 Å². The van der Waals surface area contributed by atoms with Gasteiger partial charge < -0.3 is 132 Å². The molecular formula is C49H84O35S2. The highest BCUT2D eigenvalue weighted by Gasteiger charge is 2.53. The molecule has 37 heteroatoms. The zero-order valence-corrected chi connectivity index (χ0v) is 49.2. The molecule has 0 aromatic heterocycles. The lowest BCUT2D eigenvalue weighted by atomic mass is 9.91. The fourth-order valence-electron chi connectivity index (χ4n) is 11.4. The summed E-state index contributed by atoms with van der Waals surface area (Å²) in [5.41, 5.74) is 0. The summed E-state index contributed by atoms with van der Waals surface area (Å²) in [5, 5.41) is 120. The molecule has 0 saturated carbocycles. The van der Waals surface area contributed by atoms with Crippen LogP contribution in [0.2, 0.25) is 0 Å². The maximum absolute atomic E-state index is 11.7. The van der Waals surface area contributed by atoms with Crippen molar-refractivity contribution in [3.05, 3.63) is 0 Å². The molecule has 0 amide bonds. The van der Waals surface area contributed by atoms with Crippen LogP contribution in [0.3, 0.4) is 0 Å². The number of hydrogen-bond acceptors (Lipinski definition) is 33. The first kappa shape index (κ1) is 70.5. The molecule has 8 fully saturated rings. The van der Waals surface area contributed by atoms with Crippen molar-refractivity contribution < 1.29 is 166 Å². The predicted octanol–water partition coefficient (Wildman–Crippen LogP) is -6.37. The highest BCUT2D eigenvalue weighted by atomic mass is 32.3. The smallest absolute Gasteiger partial charge is 0.394 e. The zero-order valence-electron chi connectivity index (χ0n) is 47.6. The predicted molar refractivity (Wildman–Crippen MR) is 273 cm³/mol. The average molecular weight is 1300 g/mol. The Morgan fingerprint density at radius 3 is 0.953 bits per heavy atom. The molecule has 8 unspecified atom stereocenters. The third kappa shape index (κ3) is 17.7. The molecule has 13 N–H and O–H groups in total. The van der Waals surface area contributed by atoms with Crippen LogP contribution in [0.15, 0.2) is 0 Å². The summed E-state index contributed by atoms with van der Waals surface area (Å²) in [7, 11) is -8.69. The summed E-state index contributed by atoms with van der Waals surface area (Å²) < 4.78 is 168. The first-order chi connectivity index (χ1) is 40.6. The van der Waals surface area contributed by atoms with E-state index in [1.807, 2.05) is 0 Å². The van der Waals surface area contributed by atoms with Gasteiger partial charge in [0, 0.05) is 56.5 Å². The van der Waals surface area contributed by atoms with Crippen molar-refractivity contribution in [3.63, 3.8) is 0 Å². The van der Waals surface area contributed by atoms with Gasteiger partial charge in [0.15, 0.2) is 50.3 Å². The second kappa shape index (κ2) is 30.6. The van der Waals surface area contributed by atoms with Crippen LogP contribution < -0.4 is 0 Å². The van der Waals surface area contributed by atoms with Crippen LogP contribution in [0.4, 0.5) is 0 Å². The molecule has 8 aliphatic rings. The number of ether oxygens (including phenoxy) is 16. The van der Waals surface area contributed by atoms with Crippen molar-refractivity contribution in [3.8, 4) is 0 Å². The fraction of sp³-hybridized carbons (Fsp3) is 1.00. The molecule has 32 atom stereocenters. The monoisotopic (exact) mass is 1300 g/mol. The number of aliphatic hydroxyl groups is 11. The second-order valence-corrected chi connectivity index (χ2v) is 25.0. The summed E-state index contributed by atoms with van der Waals surface area (Å²) in [6.45, 7) is 1.88. The molecule has 0 aromatic rings. The third-order valence-electron chi connectivity index (χ3n) is 16.7. The molecule has 35 nitrogen and oxygen atoms in total. The van der Waals surface area contributed by atoms with Crippen molar-refractivity contribution in [2.45, 2.75) is 226 Å². The van der Waals surface area contributed by atoms with E-state index in [2.05, 4.69) is 8.37 Å². The largest absolute Gasteiger partial charge is 0.397 e. The van der Waals surface area contributed by atoms with Crippen molar-refractivity contribution in [2.75, 3.05) is 60.0 Å². The van der Waals surface area contributed by atoms with E-state index in [1.165, 1.54) is 27.9 Å². The molecular weight excluding hydrogens is 1210 g/mol. The number of rotatable bonds is 23. The zero-order chi connectivity index (χ0) is 62.7. The highest BCUT2D eigenvalue weighted by Crippen LogP contribution is 2.39. The van der Waals surface area contributed by atoms with Crippen LogP contribution in [0.25, 0.3) is 0 Å². The van der Waals surface area contributed by atoms with Crippen LogP contribution in [0.1, 0.15) is 53.4 Å². The van der Waals surface area contributed by atoms with Crippen molar-refractivity contribution in [1.82, 2.24) is 0 Å². The Morgan fingerprint density at radius 1 is 0.384 bits per heavy atom. The van der Waals surface area contributed by atoms with Gasteiger partial charge in [-0.25, -0.2) is 8.37 Å². The number of methoxy groups -OCH3 is 1. The summed E-state index contributed by atoms with van der Waals surface area (Å²) in [5.74, 6) is -3.37. The maximum atomic E-state index is 11.7. The fourth-order valence-corrected chi connectivity index (χ4v) is 12.0. The van der Waals surface area contributed by atoms with Gasteiger partial charge in [0.1, 0.15) is 73.2 Å². The molecule has 0 bridgehead atoms. The molecule has 86 heavy (non-hydrogen) atoms. The number of hydrogen-bond donors (Lipinski definition) is 13. The Morgan fingerprint density at radius 2 is 0.663 bits per heavy atom. The second-order valence-electron chi connectivity index (χ2n) is 22.9. The lowest BCUT2D eigenvalue weighted by Crippen LogP contribution is -2.61. The standard InChI is InChI=1S/C49H84O35S2/c1-18-38(57)42(27(10-50)74-46(18)67-5)81-35-7-23(53)30(14-69-35)78-49-21(4)41(60)45(33(80-49)17-73-86(64,65)66)84-37-9-25(55)29(13-71-37)76-47-19(2)39(58)43(28(11-51)75-47)82-36-8-24(54)31(15-70-36)77-48-20(3)40(59)44(32(79-48)16-72-85(61,62)63)83-34-6-22(52)26(56)12-68-34/h18-60H,6-17H2,1-5H3,(H,61,62,63)(H,64,65,66)/t18?,19?,20?,21?,22-,23-,24-,25-,26+,27?,28?,29+,30+,31+,32?,33?,34-,35-,36-,37-,38+,39+,40+,41+,42+,43+,44+,45+,46-,47-,48-,49+/m0/s1. The van der Waals surface area contributed by atoms with E-state index in [4.69, 9.17) is 75.8 Å². The Hall–Kier alpha value is -1.34. The lowest BCUT2D eigenvalue weighted by molar-refractivity contribution is -0.360. The van der Waals surface area contributed by atoms with Gasteiger partial charge in [-0.1, -0.05) is 27.7 Å². The molecule has 0 aromatic carbocycles. The average Bonchev–Trinajstić information content (AvgIpc) is 3.65. The van der Waals surface area contributed by atoms with Crippen LogP contribution in [0, 0.1) is 23.7 Å². The van der Waals surface area contributed by atoms with Gasteiger partial charge >= 0.3 is 20.8 Å². The summed E-state index contributed by atoms with van der Waals surface area (Å²) in [4.78, 5) is 0. The van der Waals surface area contributed by atoms with E-state index < -0.39 is 243 Å². The van der Waals surface area contributed by atoms with Gasteiger partial charge in [-0.3, -0.25) is 9.11 Å². The summed E-state index contributed by atoms with van der Waals surface area (Å²) in [6.07, 6.45) is -36.3. The Labute approximate surface area is 495 Å². The van der Waals surface area contributed by atoms with E-state index in [1.54, 1.807) is 6.92 Å². The molecule has 502 valence electrons. The topological polar surface area (TPSA) is 497 Å². The van der Waals surface area contributed by atoms with Gasteiger partial charge in [-0.15, -0.1) is 0 Å². The van der Waals surface area contributed by atoms with E-state index in [0.29, 0.717) is 0 Å². The van der Waals surface area contributed by atoms with Crippen LogP contribution in [-0.4, -0.2) is 314 Å². The minimum absolute atomic E-state index is 0.184. The SMILES string of the molecule is CO[C@H]1OC(CO)[C@@H](O[C@H]2C[C@H](O)[C@H](O[C@@H]3OC(COS(=O)(=O)O)[C@@H](O[C@H]4C[C@H](O)[C@H](O[C@@H]5OC(CO)[C@@H](O[C@H]6C[C@H](O)[C@H](O[C@H]7OC(COS(=O)(=O)O)[C@@H](O[C@H]8C[C@H](O)[C@H](O)CO8)[C@H](O)C7C)CO6)[C@H](O)C5C)CO4)[C@H](O)C3C)CO2)[C@H](O)C1C. The first-order valence-electron chi connectivity index (χ1n) is 28.3. The van der Waals surface area contributed by atoms with Gasteiger partial charge in [0.05, 0.1) is 102 Å². The molecule has 0 spiro atoms. The van der Waals surface area contributed by atoms with Crippen molar-refractivity contribution in [2.24, 2.45) is 23.7 Å². The first-order valence-corrected chi connectivity index (χ1v) is 31.1. The normalized spacial score (nSPS) is 48.4. The third-order valence-corrected chi connectivity index (χ3v) is 17.6. The van der Waals surface area contributed by atoms with Crippen molar-refractivity contribution >= 4 is 20.8 Å². The van der Waals surface area contributed by atoms with Crippen LogP contribution >= 0.6 is 0 Å². The van der Waals surface area contributed by atoms with Crippen LogP contribution in [0.5, 0.6) is 0 Å². The number of aliphatic hydroxyl groups excluding tert-OH is 11. The molecule has 8 heterocycles. The summed E-state index contributed by atoms with van der Waals surface area (Å²) >= 11 is 0. The maximum Gasteiger partial charge on any atom is 0.397 e. The van der Waals surface area contributed by atoms with E-state index >= 15 is 0 Å². The Kier molecular flexibility index (Phi) is 25.1. The van der Waals surface area contributed by atoms with Gasteiger partial charge in [0.2, 0.25) is 0 Å². The minimum Gasteiger partial charge on any atom is -0.394 e. The molecule has 8 saturated heterocycles. The Balaban J connectivity index is 0.805. The minimum atomic E-state index is -5.07. The molecule has 8 rings (SSSR count). The lowest BCUT2D eigenvalue weighted by Gasteiger charge is -2.48. The Bertz CT molecular complexity index is 2310. The molecule has 0 aliphatic carbocycles.